The standard InChI is InChI=1S/C20H19FO2/c1-2-3-11-18-19(14-8-7-9-15(21)13-14)20(22)16-10-5-4-6-12-17(16)23-18/h4,6-10,12-13H,2-3,5,11H2,1H3. The summed E-state index contributed by atoms with van der Waals surface area (Å²) in [5, 5.41) is 0.564. The van der Waals surface area contributed by atoms with E-state index in [0.29, 0.717) is 40.4 Å². The molecule has 23 heavy (non-hydrogen) atoms. The lowest BCUT2D eigenvalue weighted by Gasteiger charge is -2.09. The van der Waals surface area contributed by atoms with Crippen LogP contribution in [-0.2, 0) is 6.42 Å². The van der Waals surface area contributed by atoms with Gasteiger partial charge >= 0.3 is 0 Å². The van der Waals surface area contributed by atoms with Crippen LogP contribution in [0.2, 0.25) is 0 Å². The first-order valence-corrected chi connectivity index (χ1v) is 7.99. The van der Waals surface area contributed by atoms with Gasteiger partial charge in [0.1, 0.15) is 17.0 Å². The summed E-state index contributed by atoms with van der Waals surface area (Å²) in [6, 6.07) is 6.16. The van der Waals surface area contributed by atoms with Crippen LogP contribution in [0.3, 0.4) is 0 Å². The monoisotopic (exact) mass is 310 g/mol. The van der Waals surface area contributed by atoms with E-state index in [1.807, 2.05) is 24.3 Å². The highest BCUT2D eigenvalue weighted by Gasteiger charge is 2.15. The van der Waals surface area contributed by atoms with Gasteiger partial charge in [0, 0.05) is 6.42 Å². The molecule has 118 valence electrons. The minimum absolute atomic E-state index is 0.0806. The average Bonchev–Trinajstić information content (AvgIpc) is 2.78. The van der Waals surface area contributed by atoms with E-state index in [4.69, 9.17) is 4.42 Å². The highest BCUT2D eigenvalue weighted by Crippen LogP contribution is 2.21. The molecule has 0 atom stereocenters. The number of halogens is 1. The normalized spacial score (nSPS) is 13.0. The molecular formula is C20H19FO2. The van der Waals surface area contributed by atoms with Crippen molar-refractivity contribution in [2.75, 3.05) is 0 Å². The predicted octanol–water partition coefficient (Wildman–Crippen LogP) is 3.31. The van der Waals surface area contributed by atoms with E-state index in [2.05, 4.69) is 6.92 Å². The van der Waals surface area contributed by atoms with Gasteiger partial charge in [0.25, 0.3) is 0 Å². The first-order valence-electron chi connectivity index (χ1n) is 7.99. The third-order valence-corrected chi connectivity index (χ3v) is 3.96. The molecule has 1 aliphatic carbocycles. The van der Waals surface area contributed by atoms with Crippen molar-refractivity contribution >= 4 is 12.2 Å². The highest BCUT2D eigenvalue weighted by molar-refractivity contribution is 5.66. The molecule has 0 amide bonds. The van der Waals surface area contributed by atoms with E-state index in [9.17, 15) is 9.18 Å². The van der Waals surface area contributed by atoms with Gasteiger partial charge in [-0.15, -0.1) is 0 Å². The molecule has 1 heterocycles. The molecule has 0 saturated heterocycles. The minimum atomic E-state index is -0.351. The summed E-state index contributed by atoms with van der Waals surface area (Å²) in [6.45, 7) is 2.09. The fourth-order valence-corrected chi connectivity index (χ4v) is 2.80. The van der Waals surface area contributed by atoms with E-state index in [1.165, 1.54) is 12.1 Å². The van der Waals surface area contributed by atoms with Crippen molar-refractivity contribution in [1.82, 2.24) is 0 Å². The summed E-state index contributed by atoms with van der Waals surface area (Å²) in [7, 11) is 0. The Labute approximate surface area is 134 Å². The van der Waals surface area contributed by atoms with Gasteiger partial charge in [0.2, 0.25) is 0 Å². The lowest BCUT2D eigenvalue weighted by molar-refractivity contribution is 0.453. The van der Waals surface area contributed by atoms with Crippen molar-refractivity contribution in [3.8, 4) is 11.1 Å². The Kier molecular flexibility index (Phi) is 4.56. The van der Waals surface area contributed by atoms with Gasteiger partial charge in [0.05, 0.1) is 10.8 Å². The van der Waals surface area contributed by atoms with Gasteiger partial charge in [-0.2, -0.15) is 0 Å². The van der Waals surface area contributed by atoms with Crippen LogP contribution in [0, 0.1) is 5.82 Å². The van der Waals surface area contributed by atoms with Gasteiger partial charge in [-0.25, -0.2) is 4.39 Å². The van der Waals surface area contributed by atoms with Gasteiger partial charge in [-0.1, -0.05) is 43.7 Å². The number of aryl methyl sites for hydroxylation is 1. The fourth-order valence-electron chi connectivity index (χ4n) is 2.80. The Morgan fingerprint density at radius 1 is 1.30 bits per heavy atom. The van der Waals surface area contributed by atoms with Gasteiger partial charge < -0.3 is 4.42 Å². The molecule has 0 fully saturated rings. The van der Waals surface area contributed by atoms with E-state index >= 15 is 0 Å². The highest BCUT2D eigenvalue weighted by atomic mass is 19.1. The summed E-state index contributed by atoms with van der Waals surface area (Å²) in [4.78, 5) is 13.0. The predicted molar refractivity (Wildman–Crippen MR) is 90.9 cm³/mol. The Morgan fingerprint density at radius 2 is 2.17 bits per heavy atom. The molecule has 2 aromatic rings. The summed E-state index contributed by atoms with van der Waals surface area (Å²) >= 11 is 0. The first-order chi connectivity index (χ1) is 11.2. The summed E-state index contributed by atoms with van der Waals surface area (Å²) in [6.07, 6.45) is 10.8. The van der Waals surface area contributed by atoms with Gasteiger partial charge in [-0.3, -0.25) is 4.79 Å². The summed E-state index contributed by atoms with van der Waals surface area (Å²) in [5.74, 6) is 0.289. The Balaban J connectivity index is 2.31. The molecular weight excluding hydrogens is 291 g/mol. The van der Waals surface area contributed by atoms with Crippen molar-refractivity contribution in [3.05, 3.63) is 68.9 Å². The zero-order chi connectivity index (χ0) is 16.2. The van der Waals surface area contributed by atoms with Crippen molar-refractivity contribution in [2.24, 2.45) is 0 Å². The lowest BCUT2D eigenvalue weighted by Crippen LogP contribution is -2.40. The molecule has 1 aliphatic rings. The SMILES string of the molecule is CCCCc1oc2c(c(=O)c1-c1cccc(F)c1)=CCC=CC=2. The van der Waals surface area contributed by atoms with Crippen LogP contribution in [0.1, 0.15) is 31.9 Å². The smallest absolute Gasteiger partial charge is 0.200 e. The molecule has 0 N–H and O–H groups in total. The third-order valence-electron chi connectivity index (χ3n) is 3.96. The number of rotatable bonds is 4. The van der Waals surface area contributed by atoms with Crippen LogP contribution < -0.4 is 16.1 Å². The van der Waals surface area contributed by atoms with Crippen LogP contribution in [0.25, 0.3) is 23.3 Å². The number of hydrogen-bond acceptors (Lipinski definition) is 2. The van der Waals surface area contributed by atoms with Crippen LogP contribution in [0.5, 0.6) is 0 Å². The molecule has 0 aliphatic heterocycles. The number of hydrogen-bond donors (Lipinski definition) is 0. The molecule has 0 bridgehead atoms. The minimum Gasteiger partial charge on any atom is -0.460 e. The Morgan fingerprint density at radius 3 is 2.96 bits per heavy atom. The first kappa shape index (κ1) is 15.5. The van der Waals surface area contributed by atoms with Crippen molar-refractivity contribution < 1.29 is 8.81 Å². The van der Waals surface area contributed by atoms with Gasteiger partial charge in [0.15, 0.2) is 5.43 Å². The summed E-state index contributed by atoms with van der Waals surface area (Å²) < 4.78 is 19.6. The Bertz CT molecular complexity index is 920. The van der Waals surface area contributed by atoms with Crippen molar-refractivity contribution in [2.45, 2.75) is 32.6 Å². The van der Waals surface area contributed by atoms with Crippen LogP contribution in [0.15, 0.2) is 45.6 Å². The van der Waals surface area contributed by atoms with Crippen molar-refractivity contribution in [3.63, 3.8) is 0 Å². The van der Waals surface area contributed by atoms with E-state index in [0.717, 1.165) is 12.8 Å². The quantitative estimate of drug-likeness (QED) is 0.867. The molecule has 1 aromatic carbocycles. The second-order valence-electron chi connectivity index (χ2n) is 5.66. The second-order valence-corrected chi connectivity index (χ2v) is 5.66. The van der Waals surface area contributed by atoms with Crippen LogP contribution in [-0.4, -0.2) is 0 Å². The van der Waals surface area contributed by atoms with E-state index in [-0.39, 0.29) is 11.2 Å². The van der Waals surface area contributed by atoms with E-state index < -0.39 is 0 Å². The number of allylic oxidation sites excluding steroid dienone is 2. The molecule has 2 nitrogen and oxygen atoms in total. The third kappa shape index (κ3) is 3.19. The zero-order valence-electron chi connectivity index (χ0n) is 13.1. The van der Waals surface area contributed by atoms with Crippen LogP contribution >= 0.6 is 0 Å². The second kappa shape index (κ2) is 6.78. The number of benzene rings is 1. The zero-order valence-corrected chi connectivity index (χ0v) is 13.1. The molecule has 1 aromatic heterocycles. The van der Waals surface area contributed by atoms with Gasteiger partial charge in [-0.05, 0) is 36.6 Å². The largest absolute Gasteiger partial charge is 0.460 e. The average molecular weight is 310 g/mol. The lowest BCUT2D eigenvalue weighted by atomic mass is 10.0. The molecule has 0 unspecified atom stereocenters. The molecule has 0 saturated carbocycles. The maximum Gasteiger partial charge on any atom is 0.200 e. The molecule has 0 spiro atoms. The maximum absolute atomic E-state index is 13.6. The van der Waals surface area contributed by atoms with E-state index in [1.54, 1.807) is 12.1 Å². The van der Waals surface area contributed by atoms with Crippen LogP contribution in [0.4, 0.5) is 4.39 Å². The van der Waals surface area contributed by atoms with Crippen molar-refractivity contribution in [1.29, 1.82) is 0 Å². The molecule has 3 rings (SSSR count). The Hall–Kier alpha value is -2.42. The summed E-state index contributed by atoms with van der Waals surface area (Å²) in [5.41, 5.74) is 1.58. The molecule has 0 radical (unpaired) electrons. The number of fused-ring (bicyclic) bond motifs is 1. The molecule has 3 heteroatoms. The maximum atomic E-state index is 13.6. The fraction of sp³-hybridized carbons (Fsp3) is 0.250. The number of unbranched alkanes of at least 4 members (excludes halogenated alkanes) is 1. The topological polar surface area (TPSA) is 30.2 Å².